The number of rotatable bonds is 8. The second-order valence-corrected chi connectivity index (χ2v) is 5.19. The Kier molecular flexibility index (Phi) is 7.09. The third kappa shape index (κ3) is 5.61. The van der Waals surface area contributed by atoms with Crippen molar-refractivity contribution < 1.29 is 9.53 Å². The number of carbonyl (C=O) groups excluding carboxylic acids is 1. The summed E-state index contributed by atoms with van der Waals surface area (Å²) in [4.78, 5) is 11.8. The molecule has 0 saturated carbocycles. The van der Waals surface area contributed by atoms with Crippen LogP contribution in [0.15, 0.2) is 24.3 Å². The molecule has 1 amide bonds. The molecular weight excluding hydrogens is 252 g/mol. The van der Waals surface area contributed by atoms with E-state index in [2.05, 4.69) is 24.5 Å². The van der Waals surface area contributed by atoms with Crippen molar-refractivity contribution >= 4 is 5.91 Å². The van der Waals surface area contributed by atoms with Crippen LogP contribution in [0.5, 0.6) is 5.75 Å². The fourth-order valence-corrected chi connectivity index (χ4v) is 1.71. The quantitative estimate of drug-likeness (QED) is 0.768. The smallest absolute Gasteiger partial charge is 0.260 e. The van der Waals surface area contributed by atoms with E-state index in [4.69, 9.17) is 4.74 Å². The molecule has 112 valence electrons. The maximum Gasteiger partial charge on any atom is 0.260 e. The maximum atomic E-state index is 11.8. The topological polar surface area (TPSA) is 50.4 Å². The summed E-state index contributed by atoms with van der Waals surface area (Å²) in [6.07, 6.45) is 0.439. The van der Waals surface area contributed by atoms with Gasteiger partial charge in [-0.1, -0.05) is 39.0 Å². The Balaban J connectivity index is 2.64. The molecule has 1 unspecified atom stereocenters. The van der Waals surface area contributed by atoms with Crippen LogP contribution in [0.4, 0.5) is 0 Å². The van der Waals surface area contributed by atoms with Crippen molar-refractivity contribution in [1.29, 1.82) is 0 Å². The molecule has 4 nitrogen and oxygen atoms in total. The number of hydrogen-bond acceptors (Lipinski definition) is 3. The SMILES string of the molecule is CCCNC(=O)C(C)Oc1ccccc1CNC(C)C. The first-order valence-corrected chi connectivity index (χ1v) is 7.30. The Morgan fingerprint density at radius 2 is 1.95 bits per heavy atom. The minimum absolute atomic E-state index is 0.0709. The molecule has 0 aliphatic carbocycles. The van der Waals surface area contributed by atoms with Crippen molar-refractivity contribution in [3.8, 4) is 5.75 Å². The minimum Gasteiger partial charge on any atom is -0.481 e. The average Bonchev–Trinajstić information content (AvgIpc) is 2.43. The van der Waals surface area contributed by atoms with Gasteiger partial charge < -0.3 is 15.4 Å². The molecule has 1 atom stereocenters. The second-order valence-electron chi connectivity index (χ2n) is 5.19. The van der Waals surface area contributed by atoms with Crippen molar-refractivity contribution in [2.24, 2.45) is 0 Å². The van der Waals surface area contributed by atoms with E-state index in [1.54, 1.807) is 6.92 Å². The first-order valence-electron chi connectivity index (χ1n) is 7.30. The molecule has 1 rings (SSSR count). The van der Waals surface area contributed by atoms with Crippen LogP contribution in [0.2, 0.25) is 0 Å². The van der Waals surface area contributed by atoms with Gasteiger partial charge in [0.25, 0.3) is 5.91 Å². The van der Waals surface area contributed by atoms with Crippen molar-refractivity contribution in [1.82, 2.24) is 10.6 Å². The largest absolute Gasteiger partial charge is 0.481 e. The third-order valence-corrected chi connectivity index (χ3v) is 2.90. The molecule has 1 aromatic carbocycles. The van der Waals surface area contributed by atoms with E-state index in [-0.39, 0.29) is 5.91 Å². The molecule has 4 heteroatoms. The summed E-state index contributed by atoms with van der Waals surface area (Å²) < 4.78 is 5.78. The highest BCUT2D eigenvalue weighted by Crippen LogP contribution is 2.19. The Bertz CT molecular complexity index is 419. The standard InChI is InChI=1S/C16H26N2O2/c1-5-10-17-16(19)13(4)20-15-9-7-6-8-14(15)11-18-12(2)3/h6-9,12-13,18H,5,10-11H2,1-4H3,(H,17,19). The predicted molar refractivity (Wildman–Crippen MR) is 81.8 cm³/mol. The molecular formula is C16H26N2O2. The third-order valence-electron chi connectivity index (χ3n) is 2.90. The highest BCUT2D eigenvalue weighted by Gasteiger charge is 2.15. The Morgan fingerprint density at radius 3 is 2.60 bits per heavy atom. The molecule has 1 aromatic rings. The van der Waals surface area contributed by atoms with Gasteiger partial charge in [0, 0.05) is 24.7 Å². The van der Waals surface area contributed by atoms with Crippen LogP contribution in [0, 0.1) is 0 Å². The zero-order valence-electron chi connectivity index (χ0n) is 12.9. The molecule has 0 fully saturated rings. The molecule has 0 bridgehead atoms. The zero-order valence-corrected chi connectivity index (χ0v) is 12.9. The minimum atomic E-state index is -0.484. The van der Waals surface area contributed by atoms with Gasteiger partial charge in [-0.3, -0.25) is 4.79 Å². The van der Waals surface area contributed by atoms with Gasteiger partial charge in [-0.2, -0.15) is 0 Å². The molecule has 0 aliphatic rings. The Labute approximate surface area is 121 Å². The van der Waals surface area contributed by atoms with E-state index >= 15 is 0 Å². The molecule has 0 aromatic heterocycles. The lowest BCUT2D eigenvalue weighted by molar-refractivity contribution is -0.127. The average molecular weight is 278 g/mol. The Morgan fingerprint density at radius 1 is 1.25 bits per heavy atom. The lowest BCUT2D eigenvalue weighted by Crippen LogP contribution is -2.36. The van der Waals surface area contributed by atoms with E-state index in [9.17, 15) is 4.79 Å². The van der Waals surface area contributed by atoms with Crippen molar-refractivity contribution in [3.63, 3.8) is 0 Å². The van der Waals surface area contributed by atoms with Gasteiger partial charge in [0.15, 0.2) is 6.10 Å². The molecule has 0 spiro atoms. The lowest BCUT2D eigenvalue weighted by Gasteiger charge is -2.18. The van der Waals surface area contributed by atoms with Gasteiger partial charge in [-0.05, 0) is 19.4 Å². The van der Waals surface area contributed by atoms with Gasteiger partial charge >= 0.3 is 0 Å². The van der Waals surface area contributed by atoms with Crippen molar-refractivity contribution in [3.05, 3.63) is 29.8 Å². The van der Waals surface area contributed by atoms with Crippen LogP contribution in [-0.4, -0.2) is 24.6 Å². The number of ether oxygens (including phenoxy) is 1. The molecule has 2 N–H and O–H groups in total. The van der Waals surface area contributed by atoms with Gasteiger partial charge in [0.1, 0.15) is 5.75 Å². The highest BCUT2D eigenvalue weighted by molar-refractivity contribution is 5.80. The van der Waals surface area contributed by atoms with Crippen LogP contribution in [0.25, 0.3) is 0 Å². The first-order chi connectivity index (χ1) is 9.54. The monoisotopic (exact) mass is 278 g/mol. The van der Waals surface area contributed by atoms with Crippen molar-refractivity contribution in [2.75, 3.05) is 6.54 Å². The van der Waals surface area contributed by atoms with E-state index < -0.39 is 6.10 Å². The summed E-state index contributed by atoms with van der Waals surface area (Å²) in [5.74, 6) is 0.693. The number of amides is 1. The fraction of sp³-hybridized carbons (Fsp3) is 0.562. The number of nitrogens with one attached hydrogen (secondary N) is 2. The molecule has 0 radical (unpaired) electrons. The molecule has 0 saturated heterocycles. The molecule has 0 heterocycles. The van der Waals surface area contributed by atoms with E-state index in [1.807, 2.05) is 31.2 Å². The summed E-state index contributed by atoms with van der Waals surface area (Å²) in [6, 6.07) is 8.23. The first kappa shape index (κ1) is 16.5. The number of para-hydroxylation sites is 1. The van der Waals surface area contributed by atoms with E-state index in [0.29, 0.717) is 12.6 Å². The summed E-state index contributed by atoms with van der Waals surface area (Å²) in [7, 11) is 0. The zero-order chi connectivity index (χ0) is 15.0. The van der Waals surface area contributed by atoms with Crippen LogP contribution in [-0.2, 0) is 11.3 Å². The van der Waals surface area contributed by atoms with Crippen LogP contribution in [0.3, 0.4) is 0 Å². The number of benzene rings is 1. The maximum absolute atomic E-state index is 11.8. The fourth-order valence-electron chi connectivity index (χ4n) is 1.71. The van der Waals surface area contributed by atoms with Crippen LogP contribution in [0.1, 0.15) is 39.7 Å². The summed E-state index contributed by atoms with van der Waals surface area (Å²) in [5, 5.41) is 6.20. The van der Waals surface area contributed by atoms with Gasteiger partial charge in [0.05, 0.1) is 0 Å². The van der Waals surface area contributed by atoms with Gasteiger partial charge in [-0.15, -0.1) is 0 Å². The summed E-state index contributed by atoms with van der Waals surface area (Å²) in [6.45, 7) is 9.42. The highest BCUT2D eigenvalue weighted by atomic mass is 16.5. The van der Waals surface area contributed by atoms with E-state index in [0.717, 1.165) is 24.3 Å². The van der Waals surface area contributed by atoms with Gasteiger partial charge in [-0.25, -0.2) is 0 Å². The predicted octanol–water partition coefficient (Wildman–Crippen LogP) is 2.48. The Hall–Kier alpha value is -1.55. The number of hydrogen-bond donors (Lipinski definition) is 2. The lowest BCUT2D eigenvalue weighted by atomic mass is 10.2. The summed E-state index contributed by atoms with van der Waals surface area (Å²) >= 11 is 0. The van der Waals surface area contributed by atoms with Crippen LogP contribution >= 0.6 is 0 Å². The summed E-state index contributed by atoms with van der Waals surface area (Å²) in [5.41, 5.74) is 1.07. The molecule has 0 aliphatic heterocycles. The van der Waals surface area contributed by atoms with Crippen molar-refractivity contribution in [2.45, 2.75) is 52.8 Å². The van der Waals surface area contributed by atoms with Gasteiger partial charge in [0.2, 0.25) is 0 Å². The second kappa shape index (κ2) is 8.59. The van der Waals surface area contributed by atoms with Crippen LogP contribution < -0.4 is 15.4 Å². The normalized spacial score (nSPS) is 12.2. The van der Waals surface area contributed by atoms with E-state index in [1.165, 1.54) is 0 Å². The molecule has 20 heavy (non-hydrogen) atoms. The number of carbonyl (C=O) groups is 1.